The van der Waals surface area contributed by atoms with Gasteiger partial charge in [-0.15, -0.1) is 0 Å². The van der Waals surface area contributed by atoms with E-state index in [0.29, 0.717) is 24.1 Å². The Balaban J connectivity index is 1.92. The first-order valence-electron chi connectivity index (χ1n) is 9.38. The zero-order valence-electron chi connectivity index (χ0n) is 15.6. The average Bonchev–Trinajstić information content (AvgIpc) is 3.13. The second kappa shape index (κ2) is 7.06. The fourth-order valence-electron chi connectivity index (χ4n) is 4.77. The summed E-state index contributed by atoms with van der Waals surface area (Å²) in [5.41, 5.74) is 0.495. The number of nitrogens with zero attached hydrogens (tertiary/aromatic N) is 2. The normalized spacial score (nSPS) is 27.2. The summed E-state index contributed by atoms with van der Waals surface area (Å²) < 4.78 is 1.85. The van der Waals surface area contributed by atoms with Gasteiger partial charge in [0.05, 0.1) is 11.8 Å². The zero-order chi connectivity index (χ0) is 18.3. The SMILES string of the molecule is CC(=N[C@H](C)[C@H]1C[C@H]2CC[C@H]1C2)c1c(O)n(CC(C)C)c(=S)[nH]c1=O. The first-order valence-corrected chi connectivity index (χ1v) is 9.79. The van der Waals surface area contributed by atoms with Crippen LogP contribution in [0.2, 0.25) is 0 Å². The van der Waals surface area contributed by atoms with E-state index in [4.69, 9.17) is 17.2 Å². The molecule has 25 heavy (non-hydrogen) atoms. The third-order valence-electron chi connectivity index (χ3n) is 5.89. The fraction of sp³-hybridized carbons (Fsp3) is 0.737. The van der Waals surface area contributed by atoms with Gasteiger partial charge >= 0.3 is 0 Å². The molecule has 2 aliphatic rings. The lowest BCUT2D eigenvalue weighted by Gasteiger charge is -2.25. The van der Waals surface area contributed by atoms with Gasteiger partial charge in [-0.05, 0) is 69.0 Å². The summed E-state index contributed by atoms with van der Waals surface area (Å²) >= 11 is 5.21. The molecule has 0 saturated heterocycles. The molecule has 0 aliphatic heterocycles. The summed E-state index contributed by atoms with van der Waals surface area (Å²) in [5, 5.41) is 10.6. The zero-order valence-corrected chi connectivity index (χ0v) is 16.4. The minimum atomic E-state index is -0.358. The van der Waals surface area contributed by atoms with Gasteiger partial charge in [-0.2, -0.15) is 0 Å². The van der Waals surface area contributed by atoms with Gasteiger partial charge in [-0.1, -0.05) is 20.3 Å². The van der Waals surface area contributed by atoms with Crippen LogP contribution in [0.15, 0.2) is 9.79 Å². The molecule has 4 atom stereocenters. The topological polar surface area (TPSA) is 70.4 Å². The van der Waals surface area contributed by atoms with Crippen LogP contribution in [0, 0.1) is 28.4 Å². The van der Waals surface area contributed by atoms with Gasteiger partial charge in [0.2, 0.25) is 5.88 Å². The van der Waals surface area contributed by atoms with E-state index in [2.05, 4.69) is 11.9 Å². The molecule has 0 unspecified atom stereocenters. The molecular weight excluding hydrogens is 334 g/mol. The Morgan fingerprint density at radius 2 is 2.08 bits per heavy atom. The van der Waals surface area contributed by atoms with E-state index in [0.717, 1.165) is 11.8 Å². The van der Waals surface area contributed by atoms with Crippen molar-refractivity contribution in [2.45, 2.75) is 66.0 Å². The van der Waals surface area contributed by atoms with E-state index in [-0.39, 0.29) is 27.8 Å². The van der Waals surface area contributed by atoms with Crippen LogP contribution in [-0.2, 0) is 6.54 Å². The number of aromatic amines is 1. The van der Waals surface area contributed by atoms with Crippen molar-refractivity contribution in [2.24, 2.45) is 28.7 Å². The second-order valence-electron chi connectivity index (χ2n) is 8.26. The van der Waals surface area contributed by atoms with Crippen molar-refractivity contribution in [3.05, 3.63) is 20.7 Å². The van der Waals surface area contributed by atoms with Crippen molar-refractivity contribution in [3.63, 3.8) is 0 Å². The third-order valence-corrected chi connectivity index (χ3v) is 6.21. The summed E-state index contributed by atoms with van der Waals surface area (Å²) in [7, 11) is 0. The standard InChI is InChI=1S/C19H29N3O2S/c1-10(2)9-22-18(24)16(17(23)21-19(22)25)12(4)20-11(3)15-8-13-5-6-14(15)7-13/h10-11,13-15,24H,5-9H2,1-4H3,(H,21,23,25)/t11-,13+,14+,15-/m1/s1. The summed E-state index contributed by atoms with van der Waals surface area (Å²) in [6.07, 6.45) is 5.28. The molecule has 2 aliphatic carbocycles. The summed E-state index contributed by atoms with van der Waals surface area (Å²) in [5.74, 6) is 2.50. The van der Waals surface area contributed by atoms with Gasteiger partial charge in [-0.25, -0.2) is 0 Å². The second-order valence-corrected chi connectivity index (χ2v) is 8.64. The molecule has 1 aromatic rings. The number of nitrogens with one attached hydrogen (secondary N) is 1. The van der Waals surface area contributed by atoms with E-state index in [1.807, 2.05) is 20.8 Å². The number of aromatic nitrogens is 2. The van der Waals surface area contributed by atoms with Crippen molar-refractivity contribution in [3.8, 4) is 5.88 Å². The van der Waals surface area contributed by atoms with Crippen molar-refractivity contribution in [1.29, 1.82) is 0 Å². The van der Waals surface area contributed by atoms with Gasteiger partial charge in [-0.3, -0.25) is 19.3 Å². The maximum Gasteiger partial charge on any atom is 0.264 e. The van der Waals surface area contributed by atoms with Gasteiger partial charge in [0, 0.05) is 6.54 Å². The van der Waals surface area contributed by atoms with Crippen molar-refractivity contribution >= 4 is 17.9 Å². The molecule has 5 nitrogen and oxygen atoms in total. The summed E-state index contributed by atoms with van der Waals surface area (Å²) in [4.78, 5) is 19.9. The van der Waals surface area contributed by atoms with Crippen molar-refractivity contribution in [2.75, 3.05) is 0 Å². The molecule has 0 aromatic carbocycles. The molecular formula is C19H29N3O2S. The lowest BCUT2D eigenvalue weighted by Crippen LogP contribution is -2.26. The Morgan fingerprint density at radius 3 is 2.64 bits per heavy atom. The molecule has 1 aromatic heterocycles. The van der Waals surface area contributed by atoms with Crippen molar-refractivity contribution in [1.82, 2.24) is 9.55 Å². The predicted octanol–water partition coefficient (Wildman–Crippen LogP) is 3.90. The molecule has 2 saturated carbocycles. The maximum atomic E-state index is 12.4. The Labute approximate surface area is 154 Å². The summed E-state index contributed by atoms with van der Waals surface area (Å²) in [6, 6.07) is 0.177. The van der Waals surface area contributed by atoms with E-state index >= 15 is 0 Å². The first kappa shape index (κ1) is 18.4. The molecule has 2 N–H and O–H groups in total. The highest BCUT2D eigenvalue weighted by molar-refractivity contribution is 7.71. The molecule has 0 radical (unpaired) electrons. The quantitative estimate of drug-likeness (QED) is 0.616. The Morgan fingerprint density at radius 1 is 1.36 bits per heavy atom. The monoisotopic (exact) mass is 363 g/mol. The average molecular weight is 364 g/mol. The number of hydrogen-bond donors (Lipinski definition) is 2. The number of fused-ring (bicyclic) bond motifs is 2. The van der Waals surface area contributed by atoms with Crippen LogP contribution >= 0.6 is 12.2 Å². The van der Waals surface area contributed by atoms with Crippen LogP contribution in [0.3, 0.4) is 0 Å². The highest BCUT2D eigenvalue weighted by atomic mass is 32.1. The van der Waals surface area contributed by atoms with Crippen LogP contribution in [0.5, 0.6) is 5.88 Å². The maximum absolute atomic E-state index is 12.4. The minimum absolute atomic E-state index is 0.0659. The Kier molecular flexibility index (Phi) is 5.19. The number of rotatable bonds is 5. The number of aliphatic imine (C=N–C) groups is 1. The first-order chi connectivity index (χ1) is 11.8. The number of H-pyrrole nitrogens is 1. The smallest absolute Gasteiger partial charge is 0.264 e. The fourth-order valence-corrected chi connectivity index (χ4v) is 5.02. The van der Waals surface area contributed by atoms with E-state index in [9.17, 15) is 9.90 Å². The molecule has 2 bridgehead atoms. The molecule has 138 valence electrons. The highest BCUT2D eigenvalue weighted by Crippen LogP contribution is 2.50. The molecule has 6 heteroatoms. The van der Waals surface area contributed by atoms with Gasteiger partial charge in [0.1, 0.15) is 5.56 Å². The van der Waals surface area contributed by atoms with Crippen LogP contribution in [0.1, 0.15) is 58.9 Å². The van der Waals surface area contributed by atoms with Crippen LogP contribution in [0.25, 0.3) is 0 Å². The Hall–Kier alpha value is -1.43. The van der Waals surface area contributed by atoms with Gasteiger partial charge in [0.25, 0.3) is 5.56 Å². The number of hydrogen-bond acceptors (Lipinski definition) is 4. The third kappa shape index (κ3) is 3.59. The lowest BCUT2D eigenvalue weighted by atomic mass is 9.84. The lowest BCUT2D eigenvalue weighted by molar-refractivity contribution is 0.294. The van der Waals surface area contributed by atoms with Crippen molar-refractivity contribution < 1.29 is 5.11 Å². The van der Waals surface area contributed by atoms with E-state index < -0.39 is 0 Å². The molecule has 2 fully saturated rings. The minimum Gasteiger partial charge on any atom is -0.494 e. The molecule has 3 rings (SSSR count). The molecule has 0 amide bonds. The predicted molar refractivity (Wildman–Crippen MR) is 103 cm³/mol. The number of aromatic hydroxyl groups is 1. The molecule has 0 spiro atoms. The summed E-state index contributed by atoms with van der Waals surface area (Å²) in [6.45, 7) is 8.61. The largest absolute Gasteiger partial charge is 0.494 e. The molecule has 1 heterocycles. The van der Waals surface area contributed by atoms with Gasteiger partial charge in [0.15, 0.2) is 4.77 Å². The van der Waals surface area contributed by atoms with Crippen LogP contribution < -0.4 is 5.56 Å². The highest BCUT2D eigenvalue weighted by Gasteiger charge is 2.41. The van der Waals surface area contributed by atoms with Crippen LogP contribution in [0.4, 0.5) is 0 Å². The van der Waals surface area contributed by atoms with E-state index in [1.165, 1.54) is 25.7 Å². The van der Waals surface area contributed by atoms with Crippen LogP contribution in [-0.4, -0.2) is 26.4 Å². The Bertz CT molecular complexity index is 793. The van der Waals surface area contributed by atoms with Gasteiger partial charge < -0.3 is 5.11 Å². The van der Waals surface area contributed by atoms with E-state index in [1.54, 1.807) is 4.57 Å².